The molecular weight excluding hydrogens is 255 g/mol. The Balaban J connectivity index is 3.15. The Hall–Kier alpha value is -2.24. The number of hydrogen-bond donors (Lipinski definition) is 1. The molecule has 5 nitrogen and oxygen atoms in total. The monoisotopic (exact) mass is 270 g/mol. The lowest BCUT2D eigenvalue weighted by molar-refractivity contribution is -0.131. The van der Waals surface area contributed by atoms with Crippen LogP contribution in [0, 0.1) is 0 Å². The zero-order chi connectivity index (χ0) is 14.3. The number of methoxy groups -OCH3 is 2. The van der Waals surface area contributed by atoms with Gasteiger partial charge in [-0.2, -0.15) is 0 Å². The molecule has 0 aromatic heterocycles. The highest BCUT2D eigenvalue weighted by Gasteiger charge is 2.13. The van der Waals surface area contributed by atoms with Crippen LogP contribution in [0.4, 0.5) is 4.39 Å². The molecule has 0 heterocycles. The molecule has 0 bridgehead atoms. The topological polar surface area (TPSA) is 65.0 Å². The molecule has 1 aromatic rings. The SMILES string of the molecule is COc1cc(/C=C/C(=O)O)cc(OC)c1OCCF. The molecule has 1 rings (SSSR count). The van der Waals surface area contributed by atoms with E-state index in [1.165, 1.54) is 20.3 Å². The van der Waals surface area contributed by atoms with Crippen molar-refractivity contribution in [2.24, 2.45) is 0 Å². The van der Waals surface area contributed by atoms with Crippen molar-refractivity contribution in [1.82, 2.24) is 0 Å². The van der Waals surface area contributed by atoms with Crippen molar-refractivity contribution < 1.29 is 28.5 Å². The lowest BCUT2D eigenvalue weighted by Crippen LogP contribution is -2.03. The maximum absolute atomic E-state index is 12.2. The van der Waals surface area contributed by atoms with E-state index in [4.69, 9.17) is 19.3 Å². The van der Waals surface area contributed by atoms with Crippen LogP contribution in [0.15, 0.2) is 18.2 Å². The largest absolute Gasteiger partial charge is 0.493 e. The highest BCUT2D eigenvalue weighted by atomic mass is 19.1. The second-order valence-electron chi connectivity index (χ2n) is 3.46. The van der Waals surface area contributed by atoms with E-state index in [9.17, 15) is 9.18 Å². The van der Waals surface area contributed by atoms with Gasteiger partial charge in [0.05, 0.1) is 14.2 Å². The number of ether oxygens (including phenoxy) is 3. The highest BCUT2D eigenvalue weighted by molar-refractivity contribution is 5.85. The molecule has 1 N–H and O–H groups in total. The predicted molar refractivity (Wildman–Crippen MR) is 67.7 cm³/mol. The summed E-state index contributed by atoms with van der Waals surface area (Å²) in [4.78, 5) is 10.5. The normalized spacial score (nSPS) is 10.5. The van der Waals surface area contributed by atoms with Gasteiger partial charge in [-0.3, -0.25) is 0 Å². The second kappa shape index (κ2) is 7.25. The molecule has 19 heavy (non-hydrogen) atoms. The van der Waals surface area contributed by atoms with Gasteiger partial charge in [-0.1, -0.05) is 0 Å². The average Bonchev–Trinajstić information content (AvgIpc) is 2.42. The number of hydrogen-bond acceptors (Lipinski definition) is 4. The van der Waals surface area contributed by atoms with Gasteiger partial charge < -0.3 is 19.3 Å². The van der Waals surface area contributed by atoms with E-state index in [2.05, 4.69) is 0 Å². The quantitative estimate of drug-likeness (QED) is 0.769. The third-order valence-electron chi connectivity index (χ3n) is 2.22. The highest BCUT2D eigenvalue weighted by Crippen LogP contribution is 2.38. The fourth-order valence-corrected chi connectivity index (χ4v) is 1.45. The number of carbonyl (C=O) groups is 1. The van der Waals surface area contributed by atoms with Gasteiger partial charge in [0.2, 0.25) is 5.75 Å². The minimum absolute atomic E-state index is 0.114. The van der Waals surface area contributed by atoms with E-state index >= 15 is 0 Å². The van der Waals surface area contributed by atoms with Gasteiger partial charge in [0.15, 0.2) is 11.5 Å². The molecule has 104 valence electrons. The lowest BCUT2D eigenvalue weighted by Gasteiger charge is -2.14. The van der Waals surface area contributed by atoms with Crippen molar-refractivity contribution in [3.63, 3.8) is 0 Å². The van der Waals surface area contributed by atoms with Crippen molar-refractivity contribution in [3.05, 3.63) is 23.8 Å². The number of halogens is 1. The number of alkyl halides is 1. The minimum atomic E-state index is -1.06. The Morgan fingerprint density at radius 1 is 1.32 bits per heavy atom. The first-order valence-electron chi connectivity index (χ1n) is 5.48. The number of aliphatic carboxylic acids is 1. The van der Waals surface area contributed by atoms with E-state index < -0.39 is 12.6 Å². The zero-order valence-corrected chi connectivity index (χ0v) is 10.7. The number of rotatable bonds is 7. The average molecular weight is 270 g/mol. The van der Waals surface area contributed by atoms with Crippen LogP contribution in [0.25, 0.3) is 6.08 Å². The molecule has 0 fully saturated rings. The van der Waals surface area contributed by atoms with Gasteiger partial charge in [0, 0.05) is 6.08 Å². The van der Waals surface area contributed by atoms with Crippen LogP contribution < -0.4 is 14.2 Å². The maximum atomic E-state index is 12.2. The second-order valence-corrected chi connectivity index (χ2v) is 3.46. The van der Waals surface area contributed by atoms with Gasteiger partial charge >= 0.3 is 5.97 Å². The van der Waals surface area contributed by atoms with Crippen LogP contribution in [0.2, 0.25) is 0 Å². The van der Waals surface area contributed by atoms with Crippen LogP contribution in [-0.2, 0) is 4.79 Å². The fraction of sp³-hybridized carbons (Fsp3) is 0.308. The van der Waals surface area contributed by atoms with Gasteiger partial charge in [-0.05, 0) is 23.8 Å². The molecule has 0 atom stereocenters. The number of carboxylic acids is 1. The van der Waals surface area contributed by atoms with Gasteiger partial charge in [-0.25, -0.2) is 9.18 Å². The molecule has 0 saturated carbocycles. The summed E-state index contributed by atoms with van der Waals surface area (Å²) in [6.45, 7) is -0.746. The summed E-state index contributed by atoms with van der Waals surface area (Å²) in [5.74, 6) is -0.0820. The summed E-state index contributed by atoms with van der Waals surface area (Å²) in [5, 5.41) is 8.58. The third kappa shape index (κ3) is 4.17. The van der Waals surface area contributed by atoms with Crippen molar-refractivity contribution in [3.8, 4) is 17.2 Å². The molecule has 0 aliphatic heterocycles. The lowest BCUT2D eigenvalue weighted by atomic mass is 10.1. The molecule has 6 heteroatoms. The molecule has 1 aromatic carbocycles. The molecular formula is C13H15FO5. The van der Waals surface area contributed by atoms with Crippen molar-refractivity contribution in [2.45, 2.75) is 0 Å². The van der Waals surface area contributed by atoms with Crippen LogP contribution in [-0.4, -0.2) is 38.6 Å². The van der Waals surface area contributed by atoms with Crippen LogP contribution in [0.5, 0.6) is 17.2 Å². The smallest absolute Gasteiger partial charge is 0.328 e. The zero-order valence-electron chi connectivity index (χ0n) is 10.7. The molecule has 0 spiro atoms. The molecule has 0 aliphatic rings. The number of carboxylic acid groups (broad SMARTS) is 1. The Bertz CT molecular complexity index is 445. The Morgan fingerprint density at radius 2 is 1.89 bits per heavy atom. The van der Waals surface area contributed by atoms with Gasteiger partial charge in [-0.15, -0.1) is 0 Å². The van der Waals surface area contributed by atoms with E-state index in [1.807, 2.05) is 0 Å². The summed E-state index contributed by atoms with van der Waals surface area (Å²) in [6, 6.07) is 3.16. The Morgan fingerprint density at radius 3 is 2.32 bits per heavy atom. The first-order valence-corrected chi connectivity index (χ1v) is 5.48. The van der Waals surface area contributed by atoms with E-state index in [0.29, 0.717) is 17.1 Å². The molecule has 0 unspecified atom stereocenters. The summed E-state index contributed by atoms with van der Waals surface area (Å²) in [7, 11) is 2.86. The van der Waals surface area contributed by atoms with Gasteiger partial charge in [0.1, 0.15) is 13.3 Å². The molecule has 0 radical (unpaired) electrons. The minimum Gasteiger partial charge on any atom is -0.493 e. The van der Waals surface area contributed by atoms with Crippen LogP contribution in [0.1, 0.15) is 5.56 Å². The summed E-state index contributed by atoms with van der Waals surface area (Å²) in [6.07, 6.45) is 2.39. The third-order valence-corrected chi connectivity index (χ3v) is 2.22. The summed E-state index contributed by atoms with van der Waals surface area (Å²) >= 11 is 0. The summed E-state index contributed by atoms with van der Waals surface area (Å²) < 4.78 is 27.6. The number of benzene rings is 1. The van der Waals surface area contributed by atoms with E-state index in [0.717, 1.165) is 6.08 Å². The van der Waals surface area contributed by atoms with Crippen molar-refractivity contribution >= 4 is 12.0 Å². The molecule has 0 aliphatic carbocycles. The van der Waals surface area contributed by atoms with Crippen LogP contribution in [0.3, 0.4) is 0 Å². The first kappa shape index (κ1) is 14.8. The maximum Gasteiger partial charge on any atom is 0.328 e. The molecule has 0 amide bonds. The molecule has 0 saturated heterocycles. The fourth-order valence-electron chi connectivity index (χ4n) is 1.45. The van der Waals surface area contributed by atoms with Gasteiger partial charge in [0.25, 0.3) is 0 Å². The Kier molecular flexibility index (Phi) is 5.66. The summed E-state index contributed by atoms with van der Waals surface area (Å²) in [5.41, 5.74) is 0.573. The Labute approximate surface area is 110 Å². The standard InChI is InChI=1S/C13H15FO5/c1-17-10-7-9(3-4-12(15)16)8-11(18-2)13(10)19-6-5-14/h3-4,7-8H,5-6H2,1-2H3,(H,15,16)/b4-3+. The van der Waals surface area contributed by atoms with E-state index in [1.54, 1.807) is 12.1 Å². The van der Waals surface area contributed by atoms with Crippen molar-refractivity contribution in [1.29, 1.82) is 0 Å². The van der Waals surface area contributed by atoms with Crippen molar-refractivity contribution in [2.75, 3.05) is 27.5 Å². The van der Waals surface area contributed by atoms with E-state index in [-0.39, 0.29) is 12.4 Å². The predicted octanol–water partition coefficient (Wildman–Crippen LogP) is 2.15. The van der Waals surface area contributed by atoms with Crippen LogP contribution >= 0.6 is 0 Å². The first-order chi connectivity index (χ1) is 9.12.